The number of hydrogen-bond donors (Lipinski definition) is 2. The van der Waals surface area contributed by atoms with Crippen LogP contribution >= 0.6 is 0 Å². The van der Waals surface area contributed by atoms with E-state index in [-0.39, 0.29) is 41.9 Å². The number of imide groups is 2. The van der Waals surface area contributed by atoms with Crippen LogP contribution in [0.4, 0.5) is 26.8 Å². The number of nitrogens with two attached hydrogens (primary N) is 1. The van der Waals surface area contributed by atoms with Gasteiger partial charge in [0.25, 0.3) is 17.7 Å². The molecule has 0 spiro atoms. The molecule has 1 aromatic heterocycles. The van der Waals surface area contributed by atoms with Crippen molar-refractivity contribution in [2.24, 2.45) is 17.6 Å². The van der Waals surface area contributed by atoms with Gasteiger partial charge in [-0.3, -0.25) is 24.5 Å². The molecule has 17 heteroatoms. The van der Waals surface area contributed by atoms with Crippen LogP contribution in [-0.2, 0) is 11.2 Å². The Kier molecular flexibility index (Phi) is 9.60. The Labute approximate surface area is 335 Å². The molecule has 6 aliphatic rings. The summed E-state index contributed by atoms with van der Waals surface area (Å²) in [4.78, 5) is 95.9. The zero-order chi connectivity index (χ0) is 40.2. The van der Waals surface area contributed by atoms with Crippen LogP contribution in [0.1, 0.15) is 74.6 Å². The predicted octanol–water partition coefficient (Wildman–Crippen LogP) is 2.31. The van der Waals surface area contributed by atoms with Gasteiger partial charge in [0.05, 0.1) is 35.6 Å². The van der Waals surface area contributed by atoms with E-state index in [1.165, 1.54) is 0 Å². The summed E-state index contributed by atoms with van der Waals surface area (Å²) in [5, 5.41) is 4.03. The third kappa shape index (κ3) is 6.81. The SMILES string of the molecule is CN1CCN([C@H]2CCCN(c3cnc(C(N)=O)c(Cc4ccc(N5CC[C@H]6CCN(c7ccc8c(c7)C(=O)N(N7CCC(=O)NC7=O)C8=O)C[C@H]6C5)cc4)n3)C2)C1=O. The number of amides is 8. The number of piperidine rings is 3. The van der Waals surface area contributed by atoms with Crippen LogP contribution in [0.15, 0.2) is 48.7 Å². The van der Waals surface area contributed by atoms with Crippen molar-refractivity contribution in [2.45, 2.75) is 44.6 Å². The minimum absolute atomic E-state index is 0.00654. The number of nitrogens with one attached hydrogen (secondary N) is 1. The van der Waals surface area contributed by atoms with E-state index >= 15 is 0 Å². The van der Waals surface area contributed by atoms with Gasteiger partial charge in [0, 0.05) is 83.6 Å². The number of carbonyl (C=O) groups is 6. The van der Waals surface area contributed by atoms with E-state index in [4.69, 9.17) is 10.7 Å². The fourth-order valence-corrected chi connectivity index (χ4v) is 9.55. The standard InChI is InChI=1S/C41H47N11O6/c1-46-17-18-50(41(46)58)30-3-2-13-49(24-30)34-21-43-36(37(42)54)33(44-34)19-25-4-6-28(7-5-25)47-14-10-26-11-15-48(23-27(26)22-47)29-8-9-31-32(20-29)39(56)52(38(31)55)51-16-12-35(53)45-40(51)57/h4-9,20-21,26-27,30H,2-3,10-19,22-24H2,1H3,(H2,42,54)(H,45,53,57)/t26-,27+,30-/m0/s1. The maximum atomic E-state index is 13.5. The van der Waals surface area contributed by atoms with Crippen LogP contribution in [0.3, 0.4) is 0 Å². The van der Waals surface area contributed by atoms with Crippen LogP contribution in [0.5, 0.6) is 0 Å². The highest BCUT2D eigenvalue weighted by atomic mass is 16.2. The van der Waals surface area contributed by atoms with Crippen molar-refractivity contribution in [3.8, 4) is 0 Å². The molecule has 0 saturated carbocycles. The second kappa shape index (κ2) is 14.9. The summed E-state index contributed by atoms with van der Waals surface area (Å²) in [7, 11) is 1.83. The molecule has 58 heavy (non-hydrogen) atoms. The van der Waals surface area contributed by atoms with Gasteiger partial charge < -0.3 is 30.2 Å². The lowest BCUT2D eigenvalue weighted by Gasteiger charge is -2.46. The molecule has 5 saturated heterocycles. The smallest absolute Gasteiger partial charge is 0.343 e. The number of carbonyl (C=O) groups excluding carboxylic acids is 6. The van der Waals surface area contributed by atoms with Gasteiger partial charge in [-0.05, 0) is 73.4 Å². The molecule has 0 unspecified atom stereocenters. The summed E-state index contributed by atoms with van der Waals surface area (Å²) in [5.41, 5.74) is 9.89. The van der Waals surface area contributed by atoms with E-state index < -0.39 is 29.7 Å². The summed E-state index contributed by atoms with van der Waals surface area (Å²) in [6, 6.07) is 13.0. The molecule has 3 atom stereocenters. The second-order valence-electron chi connectivity index (χ2n) is 16.2. The van der Waals surface area contributed by atoms with Gasteiger partial charge in [-0.15, -0.1) is 0 Å². The molecule has 0 radical (unpaired) electrons. The van der Waals surface area contributed by atoms with Gasteiger partial charge >= 0.3 is 12.1 Å². The third-order valence-electron chi connectivity index (χ3n) is 12.8. The zero-order valence-corrected chi connectivity index (χ0v) is 32.5. The van der Waals surface area contributed by atoms with Crippen LogP contribution in [-0.4, -0.2) is 137 Å². The highest BCUT2D eigenvalue weighted by molar-refractivity contribution is 6.22. The molecule has 9 rings (SSSR count). The minimum atomic E-state index is -0.783. The molecule has 0 bridgehead atoms. The molecule has 2 aromatic carbocycles. The largest absolute Gasteiger partial charge is 0.371 e. The first-order valence-corrected chi connectivity index (χ1v) is 20.2. The highest BCUT2D eigenvalue weighted by Gasteiger charge is 2.44. The van der Waals surface area contributed by atoms with E-state index in [1.54, 1.807) is 23.2 Å². The molecule has 302 valence electrons. The van der Waals surface area contributed by atoms with Crippen molar-refractivity contribution in [3.63, 3.8) is 0 Å². The van der Waals surface area contributed by atoms with Gasteiger partial charge in [0.2, 0.25) is 5.91 Å². The summed E-state index contributed by atoms with van der Waals surface area (Å²) in [6.07, 6.45) is 5.96. The van der Waals surface area contributed by atoms with Crippen molar-refractivity contribution < 1.29 is 28.8 Å². The zero-order valence-electron chi connectivity index (χ0n) is 32.5. The fraction of sp³-hybridized carbons (Fsp3) is 0.463. The van der Waals surface area contributed by atoms with Crippen molar-refractivity contribution >= 4 is 52.9 Å². The predicted molar refractivity (Wildman–Crippen MR) is 212 cm³/mol. The molecule has 7 heterocycles. The molecule has 6 aliphatic heterocycles. The Hall–Kier alpha value is -6.26. The molecular formula is C41H47N11O6. The molecule has 3 aromatic rings. The van der Waals surface area contributed by atoms with Gasteiger partial charge in [-0.2, -0.15) is 5.01 Å². The van der Waals surface area contributed by atoms with Crippen LogP contribution in [0.2, 0.25) is 0 Å². The summed E-state index contributed by atoms with van der Waals surface area (Å²) in [6.45, 7) is 6.30. The number of benzene rings is 2. The first-order chi connectivity index (χ1) is 28.0. The topological polar surface area (TPSA) is 189 Å². The number of hydrogen-bond acceptors (Lipinski definition) is 11. The molecular weight excluding hydrogens is 743 g/mol. The van der Waals surface area contributed by atoms with E-state index in [9.17, 15) is 28.8 Å². The lowest BCUT2D eigenvalue weighted by Crippen LogP contribution is -2.58. The number of fused-ring (bicyclic) bond motifs is 2. The molecule has 3 N–H and O–H groups in total. The number of aromatic nitrogens is 2. The van der Waals surface area contributed by atoms with Crippen LogP contribution < -0.4 is 25.8 Å². The quantitative estimate of drug-likeness (QED) is 0.319. The number of anilines is 3. The number of urea groups is 2. The summed E-state index contributed by atoms with van der Waals surface area (Å²) in [5.74, 6) is -0.569. The van der Waals surface area contributed by atoms with Crippen molar-refractivity contribution in [1.29, 1.82) is 0 Å². The van der Waals surface area contributed by atoms with E-state index in [1.807, 2.05) is 18.0 Å². The Morgan fingerprint density at radius 2 is 1.52 bits per heavy atom. The maximum Gasteiger partial charge on any atom is 0.343 e. The van der Waals surface area contributed by atoms with E-state index in [0.717, 1.165) is 98.5 Å². The molecule has 17 nitrogen and oxygen atoms in total. The number of rotatable bonds is 8. The van der Waals surface area contributed by atoms with Gasteiger partial charge in [-0.25, -0.2) is 24.6 Å². The fourth-order valence-electron chi connectivity index (χ4n) is 9.55. The van der Waals surface area contributed by atoms with Crippen LogP contribution in [0, 0.1) is 11.8 Å². The lowest BCUT2D eigenvalue weighted by molar-refractivity contribution is -0.122. The normalized spacial score (nSPS) is 23.8. The third-order valence-corrected chi connectivity index (χ3v) is 12.8. The minimum Gasteiger partial charge on any atom is -0.371 e. The van der Waals surface area contributed by atoms with Gasteiger partial charge in [0.1, 0.15) is 11.5 Å². The highest BCUT2D eigenvalue weighted by Crippen LogP contribution is 2.37. The Morgan fingerprint density at radius 3 is 2.22 bits per heavy atom. The molecule has 5 fully saturated rings. The average molecular weight is 790 g/mol. The Balaban J connectivity index is 0.852. The van der Waals surface area contributed by atoms with Crippen molar-refractivity contribution in [3.05, 3.63) is 76.7 Å². The molecule has 8 amide bonds. The maximum absolute atomic E-state index is 13.5. The number of hydrazine groups is 1. The number of likely N-dealkylation sites (N-methyl/N-ethyl adjacent to an activating group) is 1. The monoisotopic (exact) mass is 789 g/mol. The average Bonchev–Trinajstić information content (AvgIpc) is 3.70. The Bertz CT molecular complexity index is 2200. The van der Waals surface area contributed by atoms with Crippen LogP contribution in [0.25, 0.3) is 0 Å². The van der Waals surface area contributed by atoms with Gasteiger partial charge in [0.15, 0.2) is 0 Å². The number of nitrogens with zero attached hydrogens (tertiary/aromatic N) is 9. The summed E-state index contributed by atoms with van der Waals surface area (Å²) >= 11 is 0. The second-order valence-corrected chi connectivity index (χ2v) is 16.2. The number of primary amides is 1. The van der Waals surface area contributed by atoms with E-state index in [2.05, 4.69) is 49.3 Å². The molecule has 0 aliphatic carbocycles. The van der Waals surface area contributed by atoms with E-state index in [0.29, 0.717) is 36.3 Å². The van der Waals surface area contributed by atoms with Crippen molar-refractivity contribution in [2.75, 3.05) is 80.7 Å². The summed E-state index contributed by atoms with van der Waals surface area (Å²) < 4.78 is 0. The van der Waals surface area contributed by atoms with Crippen molar-refractivity contribution in [1.82, 2.24) is 35.1 Å². The Morgan fingerprint density at radius 1 is 0.793 bits per heavy atom. The first-order valence-electron chi connectivity index (χ1n) is 20.2. The van der Waals surface area contributed by atoms with Gasteiger partial charge in [-0.1, -0.05) is 12.1 Å². The lowest BCUT2D eigenvalue weighted by atomic mass is 9.79. The first kappa shape index (κ1) is 37.3.